The van der Waals surface area contributed by atoms with Crippen molar-refractivity contribution in [2.24, 2.45) is 5.41 Å². The van der Waals surface area contributed by atoms with Gasteiger partial charge in [-0.05, 0) is 38.0 Å². The average Bonchev–Trinajstić information content (AvgIpc) is 2.42. The van der Waals surface area contributed by atoms with Crippen molar-refractivity contribution in [3.63, 3.8) is 0 Å². The molecule has 1 heterocycles. The number of carbonyl (C=O) groups is 2. The summed E-state index contributed by atoms with van der Waals surface area (Å²) >= 11 is 0. The van der Waals surface area contributed by atoms with Crippen molar-refractivity contribution in [1.29, 1.82) is 0 Å². The Balaban J connectivity index is 2.06. The molecule has 0 spiro atoms. The van der Waals surface area contributed by atoms with Gasteiger partial charge in [0.15, 0.2) is 0 Å². The van der Waals surface area contributed by atoms with E-state index in [2.05, 4.69) is 4.90 Å². The molecule has 21 heavy (non-hydrogen) atoms. The Labute approximate surface area is 125 Å². The van der Waals surface area contributed by atoms with E-state index in [1.165, 1.54) is 0 Å². The first kappa shape index (κ1) is 15.4. The molecule has 0 aliphatic carbocycles. The van der Waals surface area contributed by atoms with E-state index in [1.54, 1.807) is 18.7 Å². The van der Waals surface area contributed by atoms with Crippen molar-refractivity contribution >= 4 is 17.6 Å². The Morgan fingerprint density at radius 1 is 1.24 bits per heavy atom. The summed E-state index contributed by atoms with van der Waals surface area (Å²) in [6.07, 6.45) is 0.490. The summed E-state index contributed by atoms with van der Waals surface area (Å²) in [5.74, 6) is -0.673. The second kappa shape index (κ2) is 5.76. The molecule has 0 unspecified atom stereocenters. The minimum absolute atomic E-state index is 0.123. The summed E-state index contributed by atoms with van der Waals surface area (Å²) in [5, 5.41) is 9.16. The van der Waals surface area contributed by atoms with Crippen molar-refractivity contribution in [2.75, 3.05) is 31.6 Å². The van der Waals surface area contributed by atoms with Crippen molar-refractivity contribution in [2.45, 2.75) is 20.3 Å². The SMILES string of the molecule is CN1CCN(c2ccc(CC(C)(C)C(=O)O)cc2)CC1=O. The normalized spacial score (nSPS) is 16.2. The maximum absolute atomic E-state index is 11.7. The summed E-state index contributed by atoms with van der Waals surface area (Å²) < 4.78 is 0. The third-order valence-electron chi connectivity index (χ3n) is 3.98. The maximum atomic E-state index is 11.7. The predicted octanol–water partition coefficient (Wildman–Crippen LogP) is 1.62. The lowest BCUT2D eigenvalue weighted by molar-refractivity contribution is -0.146. The fourth-order valence-corrected chi connectivity index (χ4v) is 2.39. The first-order valence-electron chi connectivity index (χ1n) is 7.11. The van der Waals surface area contributed by atoms with Crippen LogP contribution < -0.4 is 4.90 Å². The van der Waals surface area contributed by atoms with E-state index in [9.17, 15) is 9.59 Å². The Hall–Kier alpha value is -2.04. The smallest absolute Gasteiger partial charge is 0.309 e. The van der Waals surface area contributed by atoms with Crippen LogP contribution >= 0.6 is 0 Å². The number of carboxylic acids is 1. The lowest BCUT2D eigenvalue weighted by atomic mass is 9.86. The van der Waals surface area contributed by atoms with Crippen LogP contribution in [0.5, 0.6) is 0 Å². The molecule has 0 saturated carbocycles. The second-order valence-electron chi connectivity index (χ2n) is 6.27. The van der Waals surface area contributed by atoms with E-state index in [-0.39, 0.29) is 5.91 Å². The molecule has 0 aromatic heterocycles. The number of carboxylic acid groups (broad SMARTS) is 1. The third-order valence-corrected chi connectivity index (χ3v) is 3.98. The Morgan fingerprint density at radius 3 is 2.38 bits per heavy atom. The van der Waals surface area contributed by atoms with Crippen LogP contribution in [0.3, 0.4) is 0 Å². The number of amides is 1. The lowest BCUT2D eigenvalue weighted by Gasteiger charge is -2.33. The summed E-state index contributed by atoms with van der Waals surface area (Å²) in [5.41, 5.74) is 1.23. The van der Waals surface area contributed by atoms with Crippen LogP contribution in [0.1, 0.15) is 19.4 Å². The van der Waals surface area contributed by atoms with Gasteiger partial charge in [0.25, 0.3) is 0 Å². The molecule has 5 nitrogen and oxygen atoms in total. The lowest BCUT2D eigenvalue weighted by Crippen LogP contribution is -2.48. The van der Waals surface area contributed by atoms with Gasteiger partial charge in [0.1, 0.15) is 0 Å². The number of rotatable bonds is 4. The molecular formula is C16H22N2O3. The van der Waals surface area contributed by atoms with Crippen LogP contribution in [0.2, 0.25) is 0 Å². The molecule has 1 aromatic rings. The average molecular weight is 290 g/mol. The summed E-state index contributed by atoms with van der Waals surface area (Å²) in [7, 11) is 1.82. The minimum Gasteiger partial charge on any atom is -0.481 e. The first-order valence-corrected chi connectivity index (χ1v) is 7.11. The van der Waals surface area contributed by atoms with Gasteiger partial charge in [0.2, 0.25) is 5.91 Å². The molecule has 2 rings (SSSR count). The zero-order valence-corrected chi connectivity index (χ0v) is 12.8. The van der Waals surface area contributed by atoms with Gasteiger partial charge in [-0.3, -0.25) is 9.59 Å². The van der Waals surface area contributed by atoms with Crippen LogP contribution in [0, 0.1) is 5.41 Å². The molecule has 1 fully saturated rings. The van der Waals surface area contributed by atoms with Crippen LogP contribution in [0.25, 0.3) is 0 Å². The maximum Gasteiger partial charge on any atom is 0.309 e. The van der Waals surface area contributed by atoms with Crippen LogP contribution in [0.4, 0.5) is 5.69 Å². The molecule has 1 aromatic carbocycles. The first-order chi connectivity index (χ1) is 9.79. The van der Waals surface area contributed by atoms with E-state index < -0.39 is 11.4 Å². The van der Waals surface area contributed by atoms with Gasteiger partial charge in [-0.15, -0.1) is 0 Å². The van der Waals surface area contributed by atoms with Crippen molar-refractivity contribution in [1.82, 2.24) is 4.90 Å². The Bertz CT molecular complexity index is 537. The van der Waals surface area contributed by atoms with E-state index in [1.807, 2.05) is 31.3 Å². The predicted molar refractivity (Wildman–Crippen MR) is 81.4 cm³/mol. The summed E-state index contributed by atoms with van der Waals surface area (Å²) in [6.45, 7) is 5.40. The zero-order valence-electron chi connectivity index (χ0n) is 12.8. The fourth-order valence-electron chi connectivity index (χ4n) is 2.39. The van der Waals surface area contributed by atoms with Gasteiger partial charge in [-0.1, -0.05) is 12.1 Å². The Kier molecular flexibility index (Phi) is 4.21. The molecule has 1 N–H and O–H groups in total. The molecule has 0 bridgehead atoms. The van der Waals surface area contributed by atoms with Crippen LogP contribution in [-0.4, -0.2) is 48.6 Å². The van der Waals surface area contributed by atoms with Gasteiger partial charge in [-0.25, -0.2) is 0 Å². The molecule has 1 saturated heterocycles. The number of nitrogens with zero attached hydrogens (tertiary/aromatic N) is 2. The van der Waals surface area contributed by atoms with Gasteiger partial charge >= 0.3 is 5.97 Å². The topological polar surface area (TPSA) is 60.9 Å². The number of hydrogen-bond acceptors (Lipinski definition) is 3. The number of hydrogen-bond donors (Lipinski definition) is 1. The highest BCUT2D eigenvalue weighted by Crippen LogP contribution is 2.24. The highest BCUT2D eigenvalue weighted by Gasteiger charge is 2.27. The largest absolute Gasteiger partial charge is 0.481 e. The van der Waals surface area contributed by atoms with Crippen molar-refractivity contribution in [3.05, 3.63) is 29.8 Å². The summed E-state index contributed by atoms with van der Waals surface area (Å²) in [4.78, 5) is 26.7. The minimum atomic E-state index is -0.795. The van der Waals surface area contributed by atoms with E-state index >= 15 is 0 Å². The monoisotopic (exact) mass is 290 g/mol. The van der Waals surface area contributed by atoms with E-state index in [0.29, 0.717) is 13.0 Å². The Morgan fingerprint density at radius 2 is 1.86 bits per heavy atom. The van der Waals surface area contributed by atoms with Gasteiger partial charge in [0, 0.05) is 25.8 Å². The number of anilines is 1. The van der Waals surface area contributed by atoms with E-state index in [4.69, 9.17) is 5.11 Å². The molecule has 114 valence electrons. The number of likely N-dealkylation sites (N-methyl/N-ethyl adjacent to an activating group) is 1. The van der Waals surface area contributed by atoms with Gasteiger partial charge < -0.3 is 14.9 Å². The summed E-state index contributed by atoms with van der Waals surface area (Å²) in [6, 6.07) is 7.82. The molecule has 5 heteroatoms. The molecule has 1 aliphatic rings. The van der Waals surface area contributed by atoms with Crippen molar-refractivity contribution in [3.8, 4) is 0 Å². The highest BCUT2D eigenvalue weighted by molar-refractivity contribution is 5.82. The van der Waals surface area contributed by atoms with Crippen molar-refractivity contribution < 1.29 is 14.7 Å². The fraction of sp³-hybridized carbons (Fsp3) is 0.500. The quantitative estimate of drug-likeness (QED) is 0.915. The highest BCUT2D eigenvalue weighted by atomic mass is 16.4. The molecule has 0 radical (unpaired) electrons. The molecular weight excluding hydrogens is 268 g/mol. The van der Waals surface area contributed by atoms with Gasteiger partial charge in [-0.2, -0.15) is 0 Å². The van der Waals surface area contributed by atoms with Crippen LogP contribution in [0.15, 0.2) is 24.3 Å². The second-order valence-corrected chi connectivity index (χ2v) is 6.27. The van der Waals surface area contributed by atoms with Gasteiger partial charge in [0.05, 0.1) is 12.0 Å². The zero-order chi connectivity index (χ0) is 15.6. The standard InChI is InChI=1S/C16H22N2O3/c1-16(2,15(20)21)10-12-4-6-13(7-5-12)18-9-8-17(3)14(19)11-18/h4-7H,8-11H2,1-3H3,(H,20,21). The number of benzene rings is 1. The number of aliphatic carboxylic acids is 1. The number of piperazine rings is 1. The molecule has 1 amide bonds. The van der Waals surface area contributed by atoms with E-state index in [0.717, 1.165) is 24.3 Å². The van der Waals surface area contributed by atoms with Crippen LogP contribution in [-0.2, 0) is 16.0 Å². The number of carbonyl (C=O) groups excluding carboxylic acids is 1. The molecule has 0 atom stereocenters. The third kappa shape index (κ3) is 3.54. The molecule has 1 aliphatic heterocycles.